The number of rotatable bonds is 11. The molecule has 0 radical (unpaired) electrons. The molecular weight excluding hydrogens is 582 g/mol. The van der Waals surface area contributed by atoms with Crippen molar-refractivity contribution < 1.29 is 18.0 Å². The van der Waals surface area contributed by atoms with E-state index < -0.39 is 28.5 Å². The van der Waals surface area contributed by atoms with Crippen LogP contribution in [0.2, 0.25) is 5.02 Å². The van der Waals surface area contributed by atoms with Crippen molar-refractivity contribution in [2.24, 2.45) is 0 Å². The van der Waals surface area contributed by atoms with Gasteiger partial charge in [-0.25, -0.2) is 8.42 Å². The van der Waals surface area contributed by atoms with Gasteiger partial charge in [0.15, 0.2) is 0 Å². The molecule has 0 bridgehead atoms. The lowest BCUT2D eigenvalue weighted by atomic mass is 9.95. The van der Waals surface area contributed by atoms with Crippen molar-refractivity contribution in [1.82, 2.24) is 10.2 Å². The molecule has 0 heterocycles. The third-order valence-electron chi connectivity index (χ3n) is 8.10. The van der Waals surface area contributed by atoms with Crippen LogP contribution in [0.15, 0.2) is 71.6 Å². The third-order valence-corrected chi connectivity index (χ3v) is 10.3. The molecule has 4 rings (SSSR count). The van der Waals surface area contributed by atoms with Gasteiger partial charge in [0.2, 0.25) is 11.8 Å². The Labute approximate surface area is 261 Å². The maximum Gasteiger partial charge on any atom is 0.264 e. The number of carbonyl (C=O) groups is 2. The van der Waals surface area contributed by atoms with E-state index in [0.717, 1.165) is 58.7 Å². The topological polar surface area (TPSA) is 86.8 Å². The summed E-state index contributed by atoms with van der Waals surface area (Å²) >= 11 is 6.43. The number of amides is 2. The summed E-state index contributed by atoms with van der Waals surface area (Å²) in [6, 6.07) is 18.6. The number of benzene rings is 3. The second kappa shape index (κ2) is 14.4. The number of halogens is 1. The smallest absolute Gasteiger partial charge is 0.264 e. The number of nitrogens with one attached hydrogen (secondary N) is 1. The van der Waals surface area contributed by atoms with Crippen LogP contribution < -0.4 is 9.62 Å². The number of aryl methyl sites for hydroxylation is 3. The molecule has 1 aliphatic rings. The van der Waals surface area contributed by atoms with E-state index in [1.54, 1.807) is 30.3 Å². The highest BCUT2D eigenvalue weighted by Crippen LogP contribution is 2.29. The van der Waals surface area contributed by atoms with Gasteiger partial charge in [0.1, 0.15) is 12.6 Å². The lowest BCUT2D eigenvalue weighted by molar-refractivity contribution is -0.140. The van der Waals surface area contributed by atoms with E-state index in [-0.39, 0.29) is 29.1 Å². The van der Waals surface area contributed by atoms with E-state index in [4.69, 9.17) is 11.6 Å². The molecule has 1 saturated carbocycles. The molecule has 0 spiro atoms. The van der Waals surface area contributed by atoms with Crippen LogP contribution in [0, 0.1) is 20.8 Å². The zero-order valence-electron chi connectivity index (χ0n) is 25.5. The number of carbonyl (C=O) groups excluding carboxylic acids is 2. The van der Waals surface area contributed by atoms with Crippen molar-refractivity contribution >= 4 is 39.1 Å². The Morgan fingerprint density at radius 1 is 0.930 bits per heavy atom. The average Bonchev–Trinajstić information content (AvgIpc) is 2.98. The maximum absolute atomic E-state index is 14.3. The van der Waals surface area contributed by atoms with Crippen molar-refractivity contribution in [3.05, 3.63) is 94.0 Å². The van der Waals surface area contributed by atoms with Gasteiger partial charge < -0.3 is 10.2 Å². The fourth-order valence-corrected chi connectivity index (χ4v) is 7.15. The van der Waals surface area contributed by atoms with Gasteiger partial charge in [-0.1, -0.05) is 91.4 Å². The minimum Gasteiger partial charge on any atom is -0.352 e. The Balaban J connectivity index is 1.72. The van der Waals surface area contributed by atoms with Crippen LogP contribution in [0.4, 0.5) is 5.69 Å². The van der Waals surface area contributed by atoms with E-state index in [9.17, 15) is 18.0 Å². The molecule has 1 N–H and O–H groups in total. The number of anilines is 1. The Morgan fingerprint density at radius 2 is 1.63 bits per heavy atom. The normalized spacial score (nSPS) is 14.6. The second-order valence-corrected chi connectivity index (χ2v) is 13.8. The minimum absolute atomic E-state index is 0.0647. The lowest BCUT2D eigenvalue weighted by Crippen LogP contribution is -2.54. The zero-order chi connectivity index (χ0) is 31.1. The van der Waals surface area contributed by atoms with Crippen molar-refractivity contribution in [3.63, 3.8) is 0 Å². The zero-order valence-corrected chi connectivity index (χ0v) is 27.0. The summed E-state index contributed by atoms with van der Waals surface area (Å²) in [5.41, 5.74) is 3.88. The van der Waals surface area contributed by atoms with Gasteiger partial charge in [-0.3, -0.25) is 13.9 Å². The van der Waals surface area contributed by atoms with Crippen LogP contribution in [0.3, 0.4) is 0 Å². The highest BCUT2D eigenvalue weighted by atomic mass is 35.5. The fraction of sp³-hybridized carbons (Fsp3) is 0.412. The quantitative estimate of drug-likeness (QED) is 0.257. The van der Waals surface area contributed by atoms with Crippen molar-refractivity contribution in [3.8, 4) is 0 Å². The summed E-state index contributed by atoms with van der Waals surface area (Å²) in [5, 5.41) is 3.57. The summed E-state index contributed by atoms with van der Waals surface area (Å²) in [4.78, 5) is 29.6. The molecule has 0 aliphatic heterocycles. The van der Waals surface area contributed by atoms with Gasteiger partial charge in [-0.05, 0) is 75.4 Å². The van der Waals surface area contributed by atoms with E-state index in [0.29, 0.717) is 11.4 Å². The molecule has 0 aromatic heterocycles. The van der Waals surface area contributed by atoms with Gasteiger partial charge in [-0.2, -0.15) is 0 Å². The molecule has 43 heavy (non-hydrogen) atoms. The van der Waals surface area contributed by atoms with Gasteiger partial charge >= 0.3 is 0 Å². The average molecular weight is 624 g/mol. The first-order valence-corrected chi connectivity index (χ1v) is 16.8. The van der Waals surface area contributed by atoms with Gasteiger partial charge in [-0.15, -0.1) is 0 Å². The van der Waals surface area contributed by atoms with Crippen molar-refractivity contribution in [2.45, 2.75) is 89.7 Å². The highest BCUT2D eigenvalue weighted by Gasteiger charge is 2.34. The Hall–Kier alpha value is -3.36. The van der Waals surface area contributed by atoms with Gasteiger partial charge in [0, 0.05) is 17.6 Å². The van der Waals surface area contributed by atoms with Crippen molar-refractivity contribution in [2.75, 3.05) is 10.8 Å². The van der Waals surface area contributed by atoms with E-state index in [2.05, 4.69) is 5.32 Å². The highest BCUT2D eigenvalue weighted by molar-refractivity contribution is 7.92. The monoisotopic (exact) mass is 623 g/mol. The van der Waals surface area contributed by atoms with E-state index >= 15 is 0 Å². The summed E-state index contributed by atoms with van der Waals surface area (Å²) in [5.74, 6) is -0.679. The summed E-state index contributed by atoms with van der Waals surface area (Å²) in [7, 11) is -4.16. The number of hydrogen-bond donors (Lipinski definition) is 1. The molecule has 0 saturated heterocycles. The third kappa shape index (κ3) is 8.18. The van der Waals surface area contributed by atoms with Crippen LogP contribution in [-0.2, 0) is 26.2 Å². The molecule has 1 atom stereocenters. The Kier molecular flexibility index (Phi) is 10.9. The molecule has 3 aromatic carbocycles. The van der Waals surface area contributed by atoms with Crippen LogP contribution >= 0.6 is 11.6 Å². The number of hydrogen-bond acceptors (Lipinski definition) is 4. The number of nitrogens with zero attached hydrogens (tertiary/aromatic N) is 2. The predicted octanol–water partition coefficient (Wildman–Crippen LogP) is 6.72. The van der Waals surface area contributed by atoms with Gasteiger partial charge in [0.05, 0.1) is 10.6 Å². The van der Waals surface area contributed by atoms with Crippen LogP contribution in [-0.4, -0.2) is 43.8 Å². The first kappa shape index (κ1) is 32.6. The minimum atomic E-state index is -4.16. The molecule has 7 nitrogen and oxygen atoms in total. The summed E-state index contributed by atoms with van der Waals surface area (Å²) < 4.78 is 29.2. The van der Waals surface area contributed by atoms with Crippen molar-refractivity contribution in [1.29, 1.82) is 0 Å². The SMILES string of the molecule is CCC(C(=O)NC1CCCCC1)N(Cc1cccc(C)c1)C(=O)CN(c1ccc(C)c(Cl)c1)S(=O)(=O)c1ccc(C)cc1. The standard InChI is InChI=1S/C34H42ClN3O4S/c1-5-32(34(40)36-28-12-7-6-8-13-28)37(22-27-11-9-10-25(3)20-27)33(39)23-38(29-17-16-26(4)31(35)21-29)43(41,42)30-18-14-24(2)15-19-30/h9-11,14-21,28,32H,5-8,12-13,22-23H2,1-4H3,(H,36,40). The van der Waals surface area contributed by atoms with Crippen LogP contribution in [0.5, 0.6) is 0 Å². The Morgan fingerprint density at radius 3 is 2.26 bits per heavy atom. The second-order valence-electron chi connectivity index (χ2n) is 11.5. The Bertz CT molecular complexity index is 1540. The van der Waals surface area contributed by atoms with Gasteiger partial charge in [0.25, 0.3) is 10.0 Å². The molecular formula is C34H42ClN3O4S. The summed E-state index contributed by atoms with van der Waals surface area (Å²) in [6.07, 6.45) is 5.53. The van der Waals surface area contributed by atoms with Crippen LogP contribution in [0.1, 0.15) is 67.7 Å². The predicted molar refractivity (Wildman–Crippen MR) is 173 cm³/mol. The molecule has 1 fully saturated rings. The first-order valence-electron chi connectivity index (χ1n) is 15.0. The number of sulfonamides is 1. The molecule has 3 aromatic rings. The molecule has 1 aliphatic carbocycles. The lowest BCUT2D eigenvalue weighted by Gasteiger charge is -2.34. The largest absolute Gasteiger partial charge is 0.352 e. The first-order chi connectivity index (χ1) is 20.5. The van der Waals surface area contributed by atoms with E-state index in [1.165, 1.54) is 17.0 Å². The van der Waals surface area contributed by atoms with Crippen LogP contribution in [0.25, 0.3) is 0 Å². The molecule has 9 heteroatoms. The summed E-state index contributed by atoms with van der Waals surface area (Å²) in [6.45, 7) is 7.24. The maximum atomic E-state index is 14.3. The molecule has 230 valence electrons. The molecule has 2 amide bonds. The molecule has 1 unspecified atom stereocenters. The fourth-order valence-electron chi connectivity index (χ4n) is 5.57. The van der Waals surface area contributed by atoms with E-state index in [1.807, 2.05) is 52.0 Å².